The molecule has 0 aliphatic carbocycles. The molecule has 0 radical (unpaired) electrons. The van der Waals surface area contributed by atoms with E-state index in [4.69, 9.17) is 4.74 Å². The Morgan fingerprint density at radius 3 is 2.52 bits per heavy atom. The van der Waals surface area contributed by atoms with Crippen molar-refractivity contribution in [3.05, 3.63) is 87.0 Å². The van der Waals surface area contributed by atoms with Crippen LogP contribution < -0.4 is 15.5 Å². The first kappa shape index (κ1) is 21.1. The zero-order chi connectivity index (χ0) is 20.8. The predicted octanol–water partition coefficient (Wildman–Crippen LogP) is 4.69. The first-order valence-electron chi connectivity index (χ1n) is 8.66. The molecule has 0 unspecified atom stereocenters. The van der Waals surface area contributed by atoms with Crippen LogP contribution in [0, 0.1) is 5.82 Å². The first-order valence-corrected chi connectivity index (χ1v) is 10.4. The molecule has 0 fully saturated rings. The van der Waals surface area contributed by atoms with Gasteiger partial charge in [0.25, 0.3) is 0 Å². The molecule has 2 aromatic carbocycles. The fourth-order valence-corrected chi connectivity index (χ4v) is 3.75. The number of nitrogens with one attached hydrogen (secondary N) is 1. The Kier molecular flexibility index (Phi) is 7.11. The number of nitrogens with zero attached hydrogens (tertiary/aromatic N) is 1. The number of anilines is 1. The first-order chi connectivity index (χ1) is 13.9. The van der Waals surface area contributed by atoms with Crippen molar-refractivity contribution in [2.45, 2.75) is 17.2 Å². The number of pyridine rings is 1. The maximum atomic E-state index is 13.1. The number of hydrogen-bond donors (Lipinski definition) is 1. The predicted molar refractivity (Wildman–Crippen MR) is 116 cm³/mol. The molecular formula is C21H18BrFN2O3S. The zero-order valence-electron chi connectivity index (χ0n) is 15.5. The van der Waals surface area contributed by atoms with E-state index in [1.807, 2.05) is 12.1 Å². The fourth-order valence-electron chi connectivity index (χ4n) is 2.60. The number of benzene rings is 2. The van der Waals surface area contributed by atoms with Gasteiger partial charge in [-0.25, -0.2) is 4.39 Å². The molecule has 0 saturated heterocycles. The summed E-state index contributed by atoms with van der Waals surface area (Å²) in [5.41, 5.74) is 1.08. The third-order valence-electron chi connectivity index (χ3n) is 4.04. The summed E-state index contributed by atoms with van der Waals surface area (Å²) in [6.45, 7) is 0.0199. The van der Waals surface area contributed by atoms with Crippen molar-refractivity contribution >= 4 is 39.3 Å². The van der Waals surface area contributed by atoms with Gasteiger partial charge in [0.1, 0.15) is 12.4 Å². The largest absolute Gasteiger partial charge is 0.491 e. The van der Waals surface area contributed by atoms with Crippen LogP contribution in [0.3, 0.4) is 0 Å². The number of hydrogen-bond acceptors (Lipinski definition) is 4. The van der Waals surface area contributed by atoms with Gasteiger partial charge in [-0.2, -0.15) is 0 Å². The number of halogens is 2. The molecule has 150 valence electrons. The van der Waals surface area contributed by atoms with Crippen molar-refractivity contribution < 1.29 is 13.9 Å². The van der Waals surface area contributed by atoms with Gasteiger partial charge < -0.3 is 14.6 Å². The van der Waals surface area contributed by atoms with Gasteiger partial charge >= 0.3 is 0 Å². The smallest absolute Gasteiger partial charge is 0.244 e. The summed E-state index contributed by atoms with van der Waals surface area (Å²) in [7, 11) is 1.41. The molecular weight excluding hydrogens is 459 g/mol. The lowest BCUT2D eigenvalue weighted by Crippen LogP contribution is -2.22. The summed E-state index contributed by atoms with van der Waals surface area (Å²) < 4.78 is 20.8. The molecule has 1 heterocycles. The highest BCUT2D eigenvalue weighted by Gasteiger charge is 2.12. The number of rotatable bonds is 7. The number of carbonyl (C=O) groups excluding carboxylic acids is 1. The molecule has 1 N–H and O–H groups in total. The Hall–Kier alpha value is -2.58. The number of thioether (sulfide) groups is 1. The summed E-state index contributed by atoms with van der Waals surface area (Å²) in [6, 6.07) is 14.8. The van der Waals surface area contributed by atoms with E-state index in [9.17, 15) is 14.0 Å². The molecule has 5 nitrogen and oxygen atoms in total. The third-order valence-corrected chi connectivity index (χ3v) is 5.62. The second kappa shape index (κ2) is 9.76. The Balaban J connectivity index is 1.77. The minimum atomic E-state index is -0.305. The van der Waals surface area contributed by atoms with Crippen LogP contribution in [-0.4, -0.2) is 17.6 Å². The standard InChI is InChI=1S/C21H18BrFN2O3S/c1-28-20-11-25(12-21(27)24-16-6-2-14(22)3-7-16)17(10-19(20)26)13-29-18-8-4-15(23)5-9-18/h2-11H,12-13H2,1H3,(H,24,27). The van der Waals surface area contributed by atoms with Crippen LogP contribution >= 0.6 is 27.7 Å². The van der Waals surface area contributed by atoms with Crippen LogP contribution in [0.15, 0.2) is 75.0 Å². The Morgan fingerprint density at radius 2 is 1.86 bits per heavy atom. The Bertz CT molecular complexity index is 1050. The summed E-state index contributed by atoms with van der Waals surface area (Å²) in [4.78, 5) is 25.6. The maximum Gasteiger partial charge on any atom is 0.244 e. The van der Waals surface area contributed by atoms with Crippen LogP contribution in [-0.2, 0) is 17.1 Å². The van der Waals surface area contributed by atoms with Crippen molar-refractivity contribution in [3.8, 4) is 5.75 Å². The van der Waals surface area contributed by atoms with Crippen LogP contribution in [0.2, 0.25) is 0 Å². The lowest BCUT2D eigenvalue weighted by molar-refractivity contribution is -0.116. The van der Waals surface area contributed by atoms with Crippen molar-refractivity contribution in [1.82, 2.24) is 4.57 Å². The van der Waals surface area contributed by atoms with Gasteiger partial charge in [-0.1, -0.05) is 15.9 Å². The highest BCUT2D eigenvalue weighted by atomic mass is 79.9. The van der Waals surface area contributed by atoms with E-state index in [1.54, 1.807) is 28.8 Å². The second-order valence-corrected chi connectivity index (χ2v) is 8.09. The van der Waals surface area contributed by atoms with Gasteiger partial charge in [-0.3, -0.25) is 9.59 Å². The van der Waals surface area contributed by atoms with E-state index in [-0.39, 0.29) is 29.4 Å². The molecule has 0 saturated carbocycles. The summed E-state index contributed by atoms with van der Waals surface area (Å²) in [5, 5.41) is 2.83. The lowest BCUT2D eigenvalue weighted by atomic mass is 10.3. The molecule has 3 aromatic rings. The van der Waals surface area contributed by atoms with Crippen LogP contribution in [0.4, 0.5) is 10.1 Å². The Morgan fingerprint density at radius 1 is 1.17 bits per heavy atom. The van der Waals surface area contributed by atoms with E-state index in [0.29, 0.717) is 17.1 Å². The quantitative estimate of drug-likeness (QED) is 0.502. The Labute approximate surface area is 180 Å². The SMILES string of the molecule is COc1cn(CC(=O)Nc2ccc(Br)cc2)c(CSc2ccc(F)cc2)cc1=O. The van der Waals surface area contributed by atoms with Gasteiger partial charge in [-0.05, 0) is 48.5 Å². The molecule has 1 amide bonds. The normalized spacial score (nSPS) is 10.6. The minimum absolute atomic E-state index is 0.0199. The van der Waals surface area contributed by atoms with E-state index in [0.717, 1.165) is 9.37 Å². The van der Waals surface area contributed by atoms with E-state index in [1.165, 1.54) is 43.3 Å². The number of ether oxygens (including phenoxy) is 1. The fraction of sp³-hybridized carbons (Fsp3) is 0.143. The monoisotopic (exact) mass is 476 g/mol. The maximum absolute atomic E-state index is 13.1. The number of carbonyl (C=O) groups is 1. The van der Waals surface area contributed by atoms with Crippen molar-refractivity contribution in [3.63, 3.8) is 0 Å². The van der Waals surface area contributed by atoms with Crippen molar-refractivity contribution in [2.75, 3.05) is 12.4 Å². The summed E-state index contributed by atoms with van der Waals surface area (Å²) in [5.74, 6) is 0.0690. The zero-order valence-corrected chi connectivity index (χ0v) is 17.9. The van der Waals surface area contributed by atoms with Crippen LogP contribution in [0.25, 0.3) is 0 Å². The molecule has 0 aliphatic rings. The summed E-state index contributed by atoms with van der Waals surface area (Å²) >= 11 is 4.80. The molecule has 0 bridgehead atoms. The molecule has 29 heavy (non-hydrogen) atoms. The third kappa shape index (κ3) is 5.95. The minimum Gasteiger partial charge on any atom is -0.491 e. The average molecular weight is 477 g/mol. The molecule has 8 heteroatoms. The lowest BCUT2D eigenvalue weighted by Gasteiger charge is -2.15. The van der Waals surface area contributed by atoms with Gasteiger partial charge in [0, 0.05) is 32.6 Å². The summed E-state index contributed by atoms with van der Waals surface area (Å²) in [6.07, 6.45) is 1.53. The highest BCUT2D eigenvalue weighted by molar-refractivity contribution is 9.10. The molecule has 0 atom stereocenters. The van der Waals surface area contributed by atoms with Crippen LogP contribution in [0.1, 0.15) is 5.69 Å². The van der Waals surface area contributed by atoms with E-state index in [2.05, 4.69) is 21.2 Å². The number of aromatic nitrogens is 1. The molecule has 1 aromatic heterocycles. The topological polar surface area (TPSA) is 60.3 Å². The van der Waals surface area contributed by atoms with E-state index < -0.39 is 0 Å². The average Bonchev–Trinajstić information content (AvgIpc) is 2.70. The molecule has 0 aliphatic heterocycles. The van der Waals surface area contributed by atoms with E-state index >= 15 is 0 Å². The van der Waals surface area contributed by atoms with Gasteiger partial charge in [0.2, 0.25) is 11.3 Å². The van der Waals surface area contributed by atoms with Gasteiger partial charge in [0.05, 0.1) is 13.3 Å². The number of amides is 1. The van der Waals surface area contributed by atoms with Crippen molar-refractivity contribution in [1.29, 1.82) is 0 Å². The molecule has 0 spiro atoms. The number of methoxy groups -OCH3 is 1. The van der Waals surface area contributed by atoms with Crippen LogP contribution in [0.5, 0.6) is 5.75 Å². The van der Waals surface area contributed by atoms with Gasteiger partial charge in [0.15, 0.2) is 5.75 Å². The van der Waals surface area contributed by atoms with Crippen molar-refractivity contribution in [2.24, 2.45) is 0 Å². The van der Waals surface area contributed by atoms with Gasteiger partial charge in [-0.15, -0.1) is 11.8 Å². The molecule has 3 rings (SSSR count). The second-order valence-electron chi connectivity index (χ2n) is 6.12. The highest BCUT2D eigenvalue weighted by Crippen LogP contribution is 2.23.